The smallest absolute Gasteiger partial charge is 0.268 e. The molecular formula is C70H121N2O6P. The van der Waals surface area contributed by atoms with Crippen LogP contribution in [-0.2, 0) is 18.4 Å². The first kappa shape index (κ1) is 75.6. The van der Waals surface area contributed by atoms with Crippen molar-refractivity contribution in [2.75, 3.05) is 40.9 Å². The Hall–Kier alpha value is -3.36. The summed E-state index contributed by atoms with van der Waals surface area (Å²) in [7, 11) is 1.22. The summed E-state index contributed by atoms with van der Waals surface area (Å²) in [5.74, 6) is -0.220. The fourth-order valence-electron chi connectivity index (χ4n) is 8.61. The number of carbonyl (C=O) groups excluding carboxylic acids is 1. The van der Waals surface area contributed by atoms with Gasteiger partial charge < -0.3 is 28.8 Å². The van der Waals surface area contributed by atoms with E-state index in [-0.39, 0.29) is 12.5 Å². The molecule has 0 aliphatic rings. The zero-order chi connectivity index (χ0) is 57.7. The standard InChI is InChI=1S/C70H121N2O6P/c1-6-8-10-12-14-16-18-20-22-24-26-28-30-31-32-33-34-35-36-37-38-39-40-41-42-44-46-48-50-52-54-56-58-60-62-64-70(74)71-68(67-78-79(75,76)77-66-65-72(3,4)5)69(73)63-61-59-57-55-53-51-49-47-45-43-29-27-25-23-21-19-17-15-13-11-9-7-2/h8,10,14,16,20,22,26,28,31-32,34-35,37-38,40-41,45,47,53,55,61,63,68-69,73H,6-7,9,11-13,15,17-19,21,23-25,27,29-30,33,36,39,42-44,46,48-52,54,56-60,62,64-67H2,1-5H3,(H-,71,74,75,76)/b10-8-,16-14-,22-20-,28-26-,32-31-,35-34-,38-37-,41-40-,47-45+,55-53+,63-61+. The lowest BCUT2D eigenvalue weighted by atomic mass is 10.0. The number of unbranched alkanes of at least 4 members (excludes halogenated alkanes) is 24. The number of nitrogens with zero attached hydrogens (tertiary/aromatic N) is 1. The first-order valence-corrected chi connectivity index (χ1v) is 33.5. The van der Waals surface area contributed by atoms with Crippen molar-refractivity contribution in [2.45, 2.75) is 264 Å². The Kier molecular flexibility index (Phi) is 56.7. The summed E-state index contributed by atoms with van der Waals surface area (Å²) in [6.07, 6.45) is 89.7. The highest BCUT2D eigenvalue weighted by Crippen LogP contribution is 2.38. The highest BCUT2D eigenvalue weighted by Gasteiger charge is 2.23. The van der Waals surface area contributed by atoms with Crippen molar-refractivity contribution in [2.24, 2.45) is 0 Å². The number of likely N-dealkylation sites (N-methyl/N-ethyl adjacent to an activating group) is 1. The number of phosphoric ester groups is 1. The number of phosphoric acid groups is 1. The number of rotatable bonds is 57. The molecule has 2 N–H and O–H groups in total. The van der Waals surface area contributed by atoms with Gasteiger partial charge >= 0.3 is 0 Å². The second-order valence-electron chi connectivity index (χ2n) is 22.4. The first-order chi connectivity index (χ1) is 38.5. The van der Waals surface area contributed by atoms with Gasteiger partial charge in [0.05, 0.1) is 39.9 Å². The van der Waals surface area contributed by atoms with Crippen LogP contribution < -0.4 is 10.2 Å². The molecule has 0 aliphatic heterocycles. The Balaban J connectivity index is 4.23. The molecule has 0 aromatic heterocycles. The third-order valence-corrected chi connectivity index (χ3v) is 14.5. The van der Waals surface area contributed by atoms with E-state index in [1.54, 1.807) is 6.08 Å². The van der Waals surface area contributed by atoms with E-state index in [2.05, 4.69) is 141 Å². The van der Waals surface area contributed by atoms with Gasteiger partial charge in [0.1, 0.15) is 13.2 Å². The third-order valence-electron chi connectivity index (χ3n) is 13.6. The molecule has 0 fully saturated rings. The lowest BCUT2D eigenvalue weighted by Crippen LogP contribution is -2.45. The van der Waals surface area contributed by atoms with Gasteiger partial charge in [-0.1, -0.05) is 270 Å². The Labute approximate surface area is 487 Å². The van der Waals surface area contributed by atoms with E-state index < -0.39 is 26.6 Å². The number of nitrogens with one attached hydrogen (secondary N) is 1. The largest absolute Gasteiger partial charge is 0.756 e. The molecule has 0 saturated heterocycles. The van der Waals surface area contributed by atoms with Crippen molar-refractivity contribution in [1.29, 1.82) is 0 Å². The Morgan fingerprint density at radius 1 is 0.456 bits per heavy atom. The van der Waals surface area contributed by atoms with Gasteiger partial charge in [-0.3, -0.25) is 9.36 Å². The van der Waals surface area contributed by atoms with Crippen LogP contribution in [0.3, 0.4) is 0 Å². The third kappa shape index (κ3) is 62.1. The van der Waals surface area contributed by atoms with Gasteiger partial charge in [-0.05, 0) is 109 Å². The van der Waals surface area contributed by atoms with E-state index in [0.717, 1.165) is 109 Å². The molecule has 79 heavy (non-hydrogen) atoms. The zero-order valence-corrected chi connectivity index (χ0v) is 52.4. The van der Waals surface area contributed by atoms with Gasteiger partial charge in [0.15, 0.2) is 0 Å². The molecule has 0 aromatic rings. The summed E-state index contributed by atoms with van der Waals surface area (Å²) in [5.41, 5.74) is 0. The quantitative estimate of drug-likeness (QED) is 0.0272. The molecule has 0 spiro atoms. The Morgan fingerprint density at radius 2 is 0.785 bits per heavy atom. The molecule has 0 heterocycles. The highest BCUT2D eigenvalue weighted by molar-refractivity contribution is 7.45. The number of hydrogen-bond donors (Lipinski definition) is 2. The van der Waals surface area contributed by atoms with Crippen LogP contribution in [0.25, 0.3) is 0 Å². The number of carbonyl (C=O) groups is 1. The summed E-state index contributed by atoms with van der Waals surface area (Å²) in [4.78, 5) is 25.6. The van der Waals surface area contributed by atoms with Gasteiger partial charge in [-0.25, -0.2) is 0 Å². The van der Waals surface area contributed by atoms with Crippen LogP contribution in [0.15, 0.2) is 134 Å². The summed E-state index contributed by atoms with van der Waals surface area (Å²) in [6.45, 7) is 4.50. The number of amides is 1. The normalized spacial score (nSPS) is 14.7. The molecule has 3 unspecified atom stereocenters. The second-order valence-corrected chi connectivity index (χ2v) is 23.8. The van der Waals surface area contributed by atoms with Crippen molar-refractivity contribution in [3.05, 3.63) is 134 Å². The topological polar surface area (TPSA) is 108 Å². The Morgan fingerprint density at radius 3 is 1.18 bits per heavy atom. The summed E-state index contributed by atoms with van der Waals surface area (Å²) in [5, 5.41) is 13.9. The van der Waals surface area contributed by atoms with Crippen molar-refractivity contribution in [1.82, 2.24) is 5.32 Å². The zero-order valence-electron chi connectivity index (χ0n) is 51.5. The molecule has 0 aliphatic carbocycles. The maximum absolute atomic E-state index is 13.0. The summed E-state index contributed by atoms with van der Waals surface area (Å²) >= 11 is 0. The molecule has 0 bridgehead atoms. The first-order valence-electron chi connectivity index (χ1n) is 32.0. The lowest BCUT2D eigenvalue weighted by molar-refractivity contribution is -0.870. The van der Waals surface area contributed by atoms with E-state index in [4.69, 9.17) is 9.05 Å². The molecule has 0 radical (unpaired) electrons. The van der Waals surface area contributed by atoms with Gasteiger partial charge in [-0.2, -0.15) is 0 Å². The van der Waals surface area contributed by atoms with E-state index in [1.165, 1.54) is 122 Å². The van der Waals surface area contributed by atoms with E-state index in [0.29, 0.717) is 17.4 Å². The number of aliphatic hydroxyl groups is 1. The van der Waals surface area contributed by atoms with Gasteiger partial charge in [-0.15, -0.1) is 0 Å². The minimum atomic E-state index is -4.62. The van der Waals surface area contributed by atoms with Crippen LogP contribution >= 0.6 is 7.82 Å². The minimum Gasteiger partial charge on any atom is -0.756 e. The van der Waals surface area contributed by atoms with Crippen molar-refractivity contribution in [3.8, 4) is 0 Å². The maximum atomic E-state index is 13.0. The van der Waals surface area contributed by atoms with Crippen molar-refractivity contribution in [3.63, 3.8) is 0 Å². The van der Waals surface area contributed by atoms with Crippen LogP contribution in [-0.4, -0.2) is 68.5 Å². The van der Waals surface area contributed by atoms with Gasteiger partial charge in [0, 0.05) is 6.42 Å². The molecule has 0 aromatic carbocycles. The van der Waals surface area contributed by atoms with Crippen LogP contribution in [0.1, 0.15) is 251 Å². The molecule has 9 heteroatoms. The highest BCUT2D eigenvalue weighted by atomic mass is 31.2. The number of allylic oxidation sites excluding steroid dienone is 21. The summed E-state index contributed by atoms with van der Waals surface area (Å²) in [6, 6.07) is -0.923. The fraction of sp³-hybridized carbons (Fsp3) is 0.671. The summed E-state index contributed by atoms with van der Waals surface area (Å²) < 4.78 is 23.4. The number of aliphatic hydroxyl groups excluding tert-OH is 1. The average Bonchev–Trinajstić information content (AvgIpc) is 3.42. The minimum absolute atomic E-state index is 0.0162. The Bertz CT molecular complexity index is 1750. The SMILES string of the molecule is CC/C=C\C/C=C\C/C=C\C/C=C\C/C=C\C/C=C\C/C=C\C/C=C\CCCCCCCCCCCCC(=O)NC(COP(=O)([O-])OCC[N+](C)(C)C)C(O)/C=C/CC/C=C/CC/C=C/CCCCCCCCCCCCCC. The van der Waals surface area contributed by atoms with Gasteiger partial charge in [0.2, 0.25) is 5.91 Å². The molecule has 3 atom stereocenters. The van der Waals surface area contributed by atoms with Crippen LogP contribution in [0.2, 0.25) is 0 Å². The molecule has 1 amide bonds. The molecule has 0 saturated carbocycles. The maximum Gasteiger partial charge on any atom is 0.268 e. The predicted molar refractivity (Wildman–Crippen MR) is 343 cm³/mol. The van der Waals surface area contributed by atoms with E-state index in [1.807, 2.05) is 27.2 Å². The molecule has 0 rings (SSSR count). The van der Waals surface area contributed by atoms with E-state index in [9.17, 15) is 19.4 Å². The second kappa shape index (κ2) is 59.3. The molecule has 452 valence electrons. The predicted octanol–water partition coefficient (Wildman–Crippen LogP) is 19.6. The van der Waals surface area contributed by atoms with E-state index >= 15 is 0 Å². The van der Waals surface area contributed by atoms with Crippen molar-refractivity contribution < 1.29 is 32.9 Å². The lowest BCUT2D eigenvalue weighted by Gasteiger charge is -2.29. The molecular weight excluding hydrogens is 996 g/mol. The van der Waals surface area contributed by atoms with Gasteiger partial charge in [0.25, 0.3) is 7.82 Å². The fourth-order valence-corrected chi connectivity index (χ4v) is 9.34. The van der Waals surface area contributed by atoms with Crippen LogP contribution in [0.5, 0.6) is 0 Å². The monoisotopic (exact) mass is 1120 g/mol. The number of hydrogen-bond acceptors (Lipinski definition) is 6. The van der Waals surface area contributed by atoms with Crippen molar-refractivity contribution >= 4 is 13.7 Å². The molecule has 8 nitrogen and oxygen atoms in total. The number of quaternary nitrogens is 1. The average molecular weight is 1120 g/mol. The van der Waals surface area contributed by atoms with Crippen LogP contribution in [0, 0.1) is 0 Å². The van der Waals surface area contributed by atoms with Crippen LogP contribution in [0.4, 0.5) is 0 Å².